The molecule has 1 heterocycles. The van der Waals surface area contributed by atoms with E-state index in [0.29, 0.717) is 22.6 Å². The van der Waals surface area contributed by atoms with E-state index in [9.17, 15) is 13.2 Å². The van der Waals surface area contributed by atoms with Gasteiger partial charge in [0.05, 0.1) is 23.4 Å². The number of ether oxygens (including phenoxy) is 2. The van der Waals surface area contributed by atoms with Crippen LogP contribution >= 0.6 is 0 Å². The summed E-state index contributed by atoms with van der Waals surface area (Å²) in [5, 5.41) is 11.5. The third kappa shape index (κ3) is 4.77. The summed E-state index contributed by atoms with van der Waals surface area (Å²) in [7, 11) is -3.63. The minimum Gasteiger partial charge on any atom is -0.454 e. The molecule has 2 aromatic rings. The normalized spacial score (nSPS) is 13.6. The van der Waals surface area contributed by atoms with Crippen molar-refractivity contribution in [2.45, 2.75) is 18.7 Å². The molecule has 0 saturated carbocycles. The summed E-state index contributed by atoms with van der Waals surface area (Å²) in [6.07, 6.45) is 0. The molecule has 1 amide bonds. The Morgan fingerprint density at radius 1 is 1.19 bits per heavy atom. The second-order valence-electron chi connectivity index (χ2n) is 6.24. The lowest BCUT2D eigenvalue weighted by Crippen LogP contribution is -2.32. The molecule has 0 fully saturated rings. The van der Waals surface area contributed by atoms with Gasteiger partial charge in [0.25, 0.3) is 0 Å². The van der Waals surface area contributed by atoms with Crippen molar-refractivity contribution in [1.29, 1.82) is 5.26 Å². The van der Waals surface area contributed by atoms with Crippen LogP contribution in [-0.2, 0) is 20.4 Å². The third-order valence-corrected chi connectivity index (χ3v) is 5.57. The first-order valence-electron chi connectivity index (χ1n) is 8.25. The van der Waals surface area contributed by atoms with Crippen molar-refractivity contribution in [2.75, 3.05) is 12.5 Å². The number of sulfone groups is 1. The molecule has 0 radical (unpaired) electrons. The molecule has 0 aliphatic carbocycles. The second kappa shape index (κ2) is 7.68. The summed E-state index contributed by atoms with van der Waals surface area (Å²) in [5.74, 6) is -0.204. The molecule has 8 heteroatoms. The van der Waals surface area contributed by atoms with E-state index in [1.165, 1.54) is 0 Å². The maximum Gasteiger partial charge on any atom is 0.235 e. The lowest BCUT2D eigenvalue weighted by Gasteiger charge is -2.15. The third-order valence-electron chi connectivity index (χ3n) is 4.09. The zero-order valence-electron chi connectivity index (χ0n) is 14.6. The van der Waals surface area contributed by atoms with Crippen LogP contribution in [0, 0.1) is 11.3 Å². The number of nitrogens with zero attached hydrogens (tertiary/aromatic N) is 1. The minimum absolute atomic E-state index is 0.160. The zero-order chi connectivity index (χ0) is 19.4. The van der Waals surface area contributed by atoms with Crippen LogP contribution < -0.4 is 14.8 Å². The van der Waals surface area contributed by atoms with Crippen LogP contribution in [0.3, 0.4) is 0 Å². The lowest BCUT2D eigenvalue weighted by molar-refractivity contribution is -0.119. The van der Waals surface area contributed by atoms with Crippen molar-refractivity contribution in [3.8, 4) is 17.6 Å². The number of carbonyl (C=O) groups is 1. The van der Waals surface area contributed by atoms with Crippen molar-refractivity contribution >= 4 is 15.7 Å². The standard InChI is InChI=1S/C19H18N2O5S/c1-13(16-6-7-17-18(8-16)26-12-25-17)21-19(22)11-27(23,24)10-15-4-2-14(9-20)3-5-15/h2-8,13H,10-12H2,1H3,(H,21,22). The monoisotopic (exact) mass is 386 g/mol. The second-order valence-corrected chi connectivity index (χ2v) is 8.31. The van der Waals surface area contributed by atoms with Crippen molar-refractivity contribution in [1.82, 2.24) is 5.32 Å². The van der Waals surface area contributed by atoms with E-state index in [4.69, 9.17) is 14.7 Å². The van der Waals surface area contributed by atoms with Crippen molar-refractivity contribution in [2.24, 2.45) is 0 Å². The molecule has 0 spiro atoms. The topological polar surface area (TPSA) is 105 Å². The highest BCUT2D eigenvalue weighted by Gasteiger charge is 2.21. The van der Waals surface area contributed by atoms with E-state index in [1.807, 2.05) is 6.07 Å². The zero-order valence-corrected chi connectivity index (χ0v) is 15.5. The molecule has 1 N–H and O–H groups in total. The molecule has 140 valence electrons. The maximum absolute atomic E-state index is 12.3. The summed E-state index contributed by atoms with van der Waals surface area (Å²) < 4.78 is 35.1. The molecule has 0 bridgehead atoms. The van der Waals surface area contributed by atoms with Gasteiger partial charge in [-0.25, -0.2) is 8.42 Å². The Labute approximate surface area is 157 Å². The fourth-order valence-electron chi connectivity index (χ4n) is 2.73. The van der Waals surface area contributed by atoms with Gasteiger partial charge in [-0.05, 0) is 42.3 Å². The molecule has 0 aromatic heterocycles. The Hall–Kier alpha value is -3.05. The van der Waals surface area contributed by atoms with Gasteiger partial charge in [-0.1, -0.05) is 18.2 Å². The summed E-state index contributed by atoms with van der Waals surface area (Å²) in [6, 6.07) is 13.1. The summed E-state index contributed by atoms with van der Waals surface area (Å²) in [5.41, 5.74) is 1.77. The summed E-state index contributed by atoms with van der Waals surface area (Å²) in [6.45, 7) is 1.93. The van der Waals surface area contributed by atoms with Gasteiger partial charge in [0.2, 0.25) is 12.7 Å². The minimum atomic E-state index is -3.63. The molecule has 1 atom stereocenters. The van der Waals surface area contributed by atoms with E-state index in [1.54, 1.807) is 49.4 Å². The average molecular weight is 386 g/mol. The van der Waals surface area contributed by atoms with Crippen LogP contribution in [0.1, 0.15) is 29.7 Å². The Morgan fingerprint density at radius 3 is 2.59 bits per heavy atom. The fraction of sp³-hybridized carbons (Fsp3) is 0.263. The molecule has 7 nitrogen and oxygen atoms in total. The molecular formula is C19H18N2O5S. The van der Waals surface area contributed by atoms with Crippen molar-refractivity contribution in [3.05, 3.63) is 59.2 Å². The predicted octanol–water partition coefficient (Wildman–Crippen LogP) is 2.08. The largest absolute Gasteiger partial charge is 0.454 e. The van der Waals surface area contributed by atoms with Crippen LogP contribution in [0.5, 0.6) is 11.5 Å². The highest BCUT2D eigenvalue weighted by atomic mass is 32.2. The van der Waals surface area contributed by atoms with E-state index in [-0.39, 0.29) is 18.6 Å². The van der Waals surface area contributed by atoms with Crippen LogP contribution in [0.25, 0.3) is 0 Å². The quantitative estimate of drug-likeness (QED) is 0.815. The highest BCUT2D eigenvalue weighted by Crippen LogP contribution is 2.34. The number of benzene rings is 2. The molecular weight excluding hydrogens is 368 g/mol. The van der Waals surface area contributed by atoms with Gasteiger partial charge in [-0.15, -0.1) is 0 Å². The van der Waals surface area contributed by atoms with Gasteiger partial charge < -0.3 is 14.8 Å². The highest BCUT2D eigenvalue weighted by molar-refractivity contribution is 7.91. The van der Waals surface area contributed by atoms with Gasteiger partial charge >= 0.3 is 0 Å². The molecule has 27 heavy (non-hydrogen) atoms. The number of nitrogens with one attached hydrogen (secondary N) is 1. The summed E-state index contributed by atoms with van der Waals surface area (Å²) in [4.78, 5) is 12.2. The van der Waals surface area contributed by atoms with E-state index >= 15 is 0 Å². The van der Waals surface area contributed by atoms with Gasteiger partial charge in [0.1, 0.15) is 5.75 Å². The van der Waals surface area contributed by atoms with Crippen molar-refractivity contribution < 1.29 is 22.7 Å². The number of rotatable bonds is 6. The lowest BCUT2D eigenvalue weighted by atomic mass is 10.1. The molecule has 1 unspecified atom stereocenters. The van der Waals surface area contributed by atoms with E-state index in [2.05, 4.69) is 5.32 Å². The Bertz CT molecular complexity index is 994. The predicted molar refractivity (Wildman–Crippen MR) is 97.8 cm³/mol. The molecule has 3 rings (SSSR count). The maximum atomic E-state index is 12.3. The van der Waals surface area contributed by atoms with Gasteiger partial charge in [0, 0.05) is 0 Å². The molecule has 1 aliphatic heterocycles. The number of carbonyl (C=O) groups excluding carboxylic acids is 1. The van der Waals surface area contributed by atoms with E-state index < -0.39 is 21.5 Å². The van der Waals surface area contributed by atoms with Gasteiger partial charge in [0.15, 0.2) is 21.3 Å². The van der Waals surface area contributed by atoms with Crippen LogP contribution in [-0.4, -0.2) is 26.9 Å². The fourth-order valence-corrected chi connectivity index (χ4v) is 4.01. The first-order chi connectivity index (χ1) is 12.9. The average Bonchev–Trinajstić information content (AvgIpc) is 3.09. The molecule has 1 aliphatic rings. The first-order valence-corrected chi connectivity index (χ1v) is 10.1. The van der Waals surface area contributed by atoms with Gasteiger partial charge in [-0.2, -0.15) is 5.26 Å². The van der Waals surface area contributed by atoms with Crippen molar-refractivity contribution in [3.63, 3.8) is 0 Å². The Balaban J connectivity index is 1.59. The van der Waals surface area contributed by atoms with Crippen LogP contribution in [0.2, 0.25) is 0 Å². The first kappa shape index (κ1) is 18.7. The number of hydrogen-bond acceptors (Lipinski definition) is 6. The Kier molecular flexibility index (Phi) is 5.33. The van der Waals surface area contributed by atoms with Crippen LogP contribution in [0.15, 0.2) is 42.5 Å². The number of amides is 1. The number of nitriles is 1. The van der Waals surface area contributed by atoms with Crippen LogP contribution in [0.4, 0.5) is 0 Å². The smallest absolute Gasteiger partial charge is 0.235 e. The number of hydrogen-bond donors (Lipinski definition) is 1. The Morgan fingerprint density at radius 2 is 1.89 bits per heavy atom. The number of fused-ring (bicyclic) bond motifs is 1. The van der Waals surface area contributed by atoms with Gasteiger partial charge in [-0.3, -0.25) is 4.79 Å². The van der Waals surface area contributed by atoms with E-state index in [0.717, 1.165) is 5.56 Å². The summed E-state index contributed by atoms with van der Waals surface area (Å²) >= 11 is 0. The molecule has 0 saturated heterocycles. The SMILES string of the molecule is CC(NC(=O)CS(=O)(=O)Cc1ccc(C#N)cc1)c1ccc2c(c1)OCO2. The molecule has 2 aromatic carbocycles.